The van der Waals surface area contributed by atoms with Gasteiger partial charge in [0.05, 0.1) is 10.6 Å². The van der Waals surface area contributed by atoms with Crippen molar-refractivity contribution in [3.05, 3.63) is 42.6 Å². The maximum Gasteiger partial charge on any atom is 0.212 e. The Bertz CT molecular complexity index is 602. The van der Waals surface area contributed by atoms with E-state index in [1.165, 1.54) is 30.5 Å². The molecular formula is C11H11N3O2S. The second kappa shape index (κ2) is 4.06. The number of nitrogens with zero attached hydrogens (tertiary/aromatic N) is 1. The molecule has 4 N–H and O–H groups in total. The quantitative estimate of drug-likeness (QED) is 0.776. The molecule has 1 heterocycles. The van der Waals surface area contributed by atoms with Gasteiger partial charge in [-0.2, -0.15) is 0 Å². The number of nitrogens with two attached hydrogens (primary N) is 2. The van der Waals surface area contributed by atoms with Crippen LogP contribution in [0.2, 0.25) is 0 Å². The first kappa shape index (κ1) is 11.4. The molecule has 0 fully saturated rings. The van der Waals surface area contributed by atoms with Crippen LogP contribution in [-0.4, -0.2) is 13.4 Å². The highest BCUT2D eigenvalue weighted by Gasteiger charge is 2.22. The van der Waals surface area contributed by atoms with Gasteiger partial charge in [0.1, 0.15) is 10.7 Å². The average Bonchev–Trinajstić information content (AvgIpc) is 2.29. The largest absolute Gasteiger partial charge is 0.398 e. The monoisotopic (exact) mass is 249 g/mol. The van der Waals surface area contributed by atoms with E-state index < -0.39 is 9.84 Å². The van der Waals surface area contributed by atoms with Crippen molar-refractivity contribution >= 4 is 21.3 Å². The minimum absolute atomic E-state index is 0.0297. The summed E-state index contributed by atoms with van der Waals surface area (Å²) in [7, 11) is -3.71. The number of pyridine rings is 1. The number of hydrogen-bond donors (Lipinski definition) is 2. The number of hydrogen-bond acceptors (Lipinski definition) is 5. The molecule has 1 aromatic carbocycles. The molecule has 0 aliphatic heterocycles. The van der Waals surface area contributed by atoms with Crippen molar-refractivity contribution in [2.75, 3.05) is 11.5 Å². The number of anilines is 2. The summed E-state index contributed by atoms with van der Waals surface area (Å²) in [5.74, 6) is -0.0317. The zero-order valence-corrected chi connectivity index (χ0v) is 9.68. The lowest BCUT2D eigenvalue weighted by Gasteiger charge is -2.08. The van der Waals surface area contributed by atoms with Gasteiger partial charge in [0, 0.05) is 6.20 Å². The van der Waals surface area contributed by atoms with E-state index in [2.05, 4.69) is 4.98 Å². The van der Waals surface area contributed by atoms with Gasteiger partial charge in [0.25, 0.3) is 0 Å². The topological polar surface area (TPSA) is 99.1 Å². The van der Waals surface area contributed by atoms with Gasteiger partial charge in [-0.05, 0) is 24.3 Å². The number of nitrogen functional groups attached to an aromatic ring is 2. The Balaban J connectivity index is 2.67. The summed E-state index contributed by atoms with van der Waals surface area (Å²) in [6.45, 7) is 0. The first-order chi connectivity index (χ1) is 8.03. The molecule has 5 nitrogen and oxygen atoms in total. The highest BCUT2D eigenvalue weighted by Crippen LogP contribution is 2.27. The minimum atomic E-state index is -3.71. The smallest absolute Gasteiger partial charge is 0.212 e. The Morgan fingerprint density at radius 3 is 2.24 bits per heavy atom. The van der Waals surface area contributed by atoms with E-state index >= 15 is 0 Å². The summed E-state index contributed by atoms with van der Waals surface area (Å²) in [4.78, 5) is 3.77. The van der Waals surface area contributed by atoms with E-state index in [-0.39, 0.29) is 21.3 Å². The molecule has 88 valence electrons. The van der Waals surface area contributed by atoms with E-state index in [4.69, 9.17) is 11.5 Å². The lowest BCUT2D eigenvalue weighted by Crippen LogP contribution is -2.08. The van der Waals surface area contributed by atoms with Crippen molar-refractivity contribution in [3.63, 3.8) is 0 Å². The Morgan fingerprint density at radius 1 is 0.941 bits per heavy atom. The van der Waals surface area contributed by atoms with E-state index in [0.717, 1.165) is 0 Å². The molecule has 0 unspecified atom stereocenters. The van der Waals surface area contributed by atoms with Crippen LogP contribution in [0.25, 0.3) is 0 Å². The van der Waals surface area contributed by atoms with Gasteiger partial charge in [0.2, 0.25) is 9.84 Å². The molecule has 1 aromatic heterocycles. The maximum absolute atomic E-state index is 12.3. The summed E-state index contributed by atoms with van der Waals surface area (Å²) in [6, 6.07) is 9.17. The standard InChI is InChI=1S/C11H11N3O2S/c12-8-4-1-2-5-9(8)17(15,16)10-6-3-7-14-11(10)13/h1-7H,12H2,(H2,13,14). The summed E-state index contributed by atoms with van der Waals surface area (Å²) < 4.78 is 24.6. The highest BCUT2D eigenvalue weighted by molar-refractivity contribution is 7.91. The van der Waals surface area contributed by atoms with Crippen LogP contribution >= 0.6 is 0 Å². The third-order valence-electron chi connectivity index (χ3n) is 2.30. The Kier molecular flexibility index (Phi) is 2.72. The van der Waals surface area contributed by atoms with Crippen molar-refractivity contribution in [1.82, 2.24) is 4.98 Å². The maximum atomic E-state index is 12.3. The van der Waals surface area contributed by atoms with Gasteiger partial charge in [-0.3, -0.25) is 0 Å². The van der Waals surface area contributed by atoms with Gasteiger partial charge < -0.3 is 11.5 Å². The first-order valence-electron chi connectivity index (χ1n) is 4.83. The van der Waals surface area contributed by atoms with E-state index in [0.29, 0.717) is 0 Å². The number of aromatic nitrogens is 1. The second-order valence-corrected chi connectivity index (χ2v) is 5.31. The zero-order chi connectivity index (χ0) is 12.5. The van der Waals surface area contributed by atoms with Crippen molar-refractivity contribution in [2.45, 2.75) is 9.79 Å². The fraction of sp³-hybridized carbons (Fsp3) is 0. The Labute approximate surface area is 99.0 Å². The lowest BCUT2D eigenvalue weighted by molar-refractivity contribution is 0.596. The van der Waals surface area contributed by atoms with Crippen LogP contribution < -0.4 is 11.5 Å². The van der Waals surface area contributed by atoms with Gasteiger partial charge >= 0.3 is 0 Å². The summed E-state index contributed by atoms with van der Waals surface area (Å²) in [5, 5.41) is 0. The van der Waals surface area contributed by atoms with Gasteiger partial charge in [-0.15, -0.1) is 0 Å². The van der Waals surface area contributed by atoms with E-state index in [1.807, 2.05) is 0 Å². The Hall–Kier alpha value is -2.08. The summed E-state index contributed by atoms with van der Waals surface area (Å²) in [5.41, 5.74) is 11.4. The molecule has 6 heteroatoms. The number of benzene rings is 1. The third kappa shape index (κ3) is 1.94. The molecule has 0 saturated heterocycles. The zero-order valence-electron chi connectivity index (χ0n) is 8.87. The average molecular weight is 249 g/mol. The number of rotatable bonds is 2. The molecule has 2 aromatic rings. The highest BCUT2D eigenvalue weighted by atomic mass is 32.2. The molecule has 2 rings (SSSR count). The van der Waals surface area contributed by atoms with Crippen molar-refractivity contribution in [3.8, 4) is 0 Å². The number of para-hydroxylation sites is 1. The molecule has 0 atom stereocenters. The van der Waals surface area contributed by atoms with Crippen LogP contribution in [0.4, 0.5) is 11.5 Å². The van der Waals surface area contributed by atoms with Crippen molar-refractivity contribution in [1.29, 1.82) is 0 Å². The van der Waals surface area contributed by atoms with Crippen LogP contribution in [0.15, 0.2) is 52.4 Å². The Morgan fingerprint density at radius 2 is 1.59 bits per heavy atom. The van der Waals surface area contributed by atoms with Crippen LogP contribution in [0, 0.1) is 0 Å². The van der Waals surface area contributed by atoms with Crippen LogP contribution in [0.1, 0.15) is 0 Å². The fourth-order valence-corrected chi connectivity index (χ4v) is 2.93. The molecule has 0 bridgehead atoms. The molecule has 0 aliphatic rings. The van der Waals surface area contributed by atoms with E-state index in [1.54, 1.807) is 12.1 Å². The molecule has 0 saturated carbocycles. The molecule has 0 radical (unpaired) electrons. The van der Waals surface area contributed by atoms with Gasteiger partial charge in [0.15, 0.2) is 0 Å². The van der Waals surface area contributed by atoms with Crippen molar-refractivity contribution in [2.24, 2.45) is 0 Å². The molecular weight excluding hydrogens is 238 g/mol. The normalized spacial score (nSPS) is 11.3. The predicted molar refractivity (Wildman–Crippen MR) is 65.0 cm³/mol. The van der Waals surface area contributed by atoms with Crippen LogP contribution in [0.3, 0.4) is 0 Å². The molecule has 0 amide bonds. The van der Waals surface area contributed by atoms with Crippen molar-refractivity contribution < 1.29 is 8.42 Å². The minimum Gasteiger partial charge on any atom is -0.398 e. The van der Waals surface area contributed by atoms with Crippen LogP contribution in [-0.2, 0) is 9.84 Å². The summed E-state index contributed by atoms with van der Waals surface area (Å²) in [6.07, 6.45) is 1.43. The first-order valence-corrected chi connectivity index (χ1v) is 6.32. The van der Waals surface area contributed by atoms with E-state index in [9.17, 15) is 8.42 Å². The second-order valence-electron chi connectivity index (χ2n) is 3.43. The number of sulfone groups is 1. The molecule has 17 heavy (non-hydrogen) atoms. The van der Waals surface area contributed by atoms with Gasteiger partial charge in [-0.25, -0.2) is 13.4 Å². The SMILES string of the molecule is Nc1ccccc1S(=O)(=O)c1cccnc1N. The summed E-state index contributed by atoms with van der Waals surface area (Å²) >= 11 is 0. The fourth-order valence-electron chi connectivity index (χ4n) is 1.47. The predicted octanol–water partition coefficient (Wildman–Crippen LogP) is 1.08. The molecule has 0 spiro atoms. The van der Waals surface area contributed by atoms with Gasteiger partial charge in [-0.1, -0.05) is 12.1 Å². The van der Waals surface area contributed by atoms with Crippen LogP contribution in [0.5, 0.6) is 0 Å². The molecule has 0 aliphatic carbocycles. The third-order valence-corrected chi connectivity index (χ3v) is 4.17. The lowest BCUT2D eigenvalue weighted by atomic mass is 10.3.